The molecule has 0 saturated carbocycles. The Labute approximate surface area is 243 Å². The van der Waals surface area contributed by atoms with Gasteiger partial charge in [-0.25, -0.2) is 14.6 Å². The molecule has 0 fully saturated rings. The fourth-order valence-corrected chi connectivity index (χ4v) is 7.10. The summed E-state index contributed by atoms with van der Waals surface area (Å²) in [6.07, 6.45) is 2.32. The fraction of sp³-hybridized carbons (Fsp3) is 0.231. The molecule has 0 N–H and O–H groups in total. The molecule has 11 heteroatoms. The predicted molar refractivity (Wildman–Crippen MR) is 156 cm³/mol. The number of benzene rings is 2. The number of esters is 2. The molecule has 0 radical (unpaired) electrons. The third-order valence-corrected chi connectivity index (χ3v) is 8.23. The molecular formula is C26H22I2N2O6S. The lowest BCUT2D eigenvalue weighted by Gasteiger charge is -2.25. The van der Waals surface area contributed by atoms with Crippen LogP contribution in [0.2, 0.25) is 0 Å². The van der Waals surface area contributed by atoms with E-state index in [1.54, 1.807) is 10.6 Å². The Hall–Kier alpha value is -2.52. The second-order valence-electron chi connectivity index (χ2n) is 7.88. The largest absolute Gasteiger partial charge is 0.480 e. The van der Waals surface area contributed by atoms with E-state index in [9.17, 15) is 14.4 Å². The van der Waals surface area contributed by atoms with Crippen molar-refractivity contribution in [2.75, 3.05) is 20.8 Å². The molecule has 192 valence electrons. The van der Waals surface area contributed by atoms with Gasteiger partial charge >= 0.3 is 11.9 Å². The second-order valence-corrected chi connectivity index (χ2v) is 11.2. The number of nitrogens with zero attached hydrogens (tertiary/aromatic N) is 2. The van der Waals surface area contributed by atoms with Gasteiger partial charge in [-0.05, 0) is 80.9 Å². The highest BCUT2D eigenvalue weighted by Crippen LogP contribution is 2.32. The Morgan fingerprint density at radius 3 is 2.38 bits per heavy atom. The average Bonchev–Trinajstić information content (AvgIpc) is 3.21. The Morgan fingerprint density at radius 1 is 1.11 bits per heavy atom. The molecule has 2 aromatic carbocycles. The summed E-state index contributed by atoms with van der Waals surface area (Å²) in [5.74, 6) is -0.400. The minimum absolute atomic E-state index is 0.192. The number of carbonyl (C=O) groups excluding carboxylic acids is 2. The van der Waals surface area contributed by atoms with Crippen molar-refractivity contribution < 1.29 is 23.8 Å². The molecule has 0 bridgehead atoms. The Bertz CT molecular complexity index is 1550. The van der Waals surface area contributed by atoms with E-state index in [-0.39, 0.29) is 12.2 Å². The van der Waals surface area contributed by atoms with Crippen molar-refractivity contribution in [3.63, 3.8) is 0 Å². The van der Waals surface area contributed by atoms with Crippen LogP contribution in [0.5, 0.6) is 5.75 Å². The van der Waals surface area contributed by atoms with Crippen LogP contribution in [0.3, 0.4) is 0 Å². The first-order valence-electron chi connectivity index (χ1n) is 11.2. The quantitative estimate of drug-likeness (QED) is 0.272. The zero-order chi connectivity index (χ0) is 26.7. The van der Waals surface area contributed by atoms with Gasteiger partial charge in [-0.3, -0.25) is 9.36 Å². The summed E-state index contributed by atoms with van der Waals surface area (Å²) in [6, 6.07) is 12.5. The number of aromatic nitrogens is 1. The molecule has 0 unspecified atom stereocenters. The molecule has 8 nitrogen and oxygen atoms in total. The summed E-state index contributed by atoms with van der Waals surface area (Å²) in [5, 5.41) is 0. The van der Waals surface area contributed by atoms with Crippen molar-refractivity contribution in [3.05, 3.63) is 91.7 Å². The number of ether oxygens (including phenoxy) is 3. The molecule has 1 aliphatic rings. The van der Waals surface area contributed by atoms with Crippen molar-refractivity contribution >= 4 is 74.5 Å². The van der Waals surface area contributed by atoms with Gasteiger partial charge < -0.3 is 14.2 Å². The normalized spacial score (nSPS) is 15.2. The molecule has 3 aromatic rings. The zero-order valence-corrected chi connectivity index (χ0v) is 25.2. The number of hydrogen-bond donors (Lipinski definition) is 0. The lowest BCUT2D eigenvalue weighted by atomic mass is 9.95. The highest BCUT2D eigenvalue weighted by atomic mass is 127. The van der Waals surface area contributed by atoms with Gasteiger partial charge in [0, 0.05) is 0 Å². The smallest absolute Gasteiger partial charge is 0.343 e. The van der Waals surface area contributed by atoms with E-state index < -0.39 is 18.0 Å². The van der Waals surface area contributed by atoms with Gasteiger partial charge in [0.05, 0.1) is 43.2 Å². The first-order chi connectivity index (χ1) is 17.8. The van der Waals surface area contributed by atoms with E-state index in [1.165, 1.54) is 25.6 Å². The van der Waals surface area contributed by atoms with Crippen LogP contribution in [0.15, 0.2) is 63.5 Å². The van der Waals surface area contributed by atoms with Crippen molar-refractivity contribution in [2.45, 2.75) is 19.4 Å². The van der Waals surface area contributed by atoms with Gasteiger partial charge in [0.2, 0.25) is 0 Å². The Morgan fingerprint density at radius 2 is 1.78 bits per heavy atom. The van der Waals surface area contributed by atoms with Crippen molar-refractivity contribution in [1.82, 2.24) is 4.57 Å². The summed E-state index contributed by atoms with van der Waals surface area (Å²) >= 11 is 5.54. The topological polar surface area (TPSA) is 96.2 Å². The second kappa shape index (κ2) is 11.9. The third kappa shape index (κ3) is 5.67. The van der Waals surface area contributed by atoms with E-state index >= 15 is 0 Å². The standard InChI is InChI=1S/C26H22I2N2O6S/c1-4-18-21(25(33)35-3)22(15-8-6-5-7-9-15)30-24(32)19(37-26(30)29-18)12-14-10-16(27)23(17(28)11-14)36-13-20(31)34-2/h5-12,22H,4,13H2,1-3H3/b19-12-/t22-/m1/s1. The average molecular weight is 744 g/mol. The van der Waals surface area contributed by atoms with Crippen molar-refractivity contribution in [2.24, 2.45) is 4.99 Å². The number of fused-ring (bicyclic) bond motifs is 1. The van der Waals surface area contributed by atoms with Crippen LogP contribution >= 0.6 is 56.5 Å². The molecule has 0 saturated heterocycles. The van der Waals surface area contributed by atoms with E-state index in [0.717, 1.165) is 18.3 Å². The highest BCUT2D eigenvalue weighted by Gasteiger charge is 2.33. The van der Waals surface area contributed by atoms with Crippen LogP contribution < -0.4 is 19.6 Å². The number of thiazole rings is 1. The number of halogens is 2. The van der Waals surface area contributed by atoms with Gasteiger partial charge in [0.1, 0.15) is 5.75 Å². The van der Waals surface area contributed by atoms with Crippen LogP contribution in [0.1, 0.15) is 30.5 Å². The first kappa shape index (κ1) is 27.5. The van der Waals surface area contributed by atoms with Crippen LogP contribution in [0.4, 0.5) is 0 Å². The molecule has 37 heavy (non-hydrogen) atoms. The Kier molecular flexibility index (Phi) is 8.85. The summed E-state index contributed by atoms with van der Waals surface area (Å²) in [4.78, 5) is 43.3. The lowest BCUT2D eigenvalue weighted by Crippen LogP contribution is -2.40. The van der Waals surface area contributed by atoms with Crippen molar-refractivity contribution in [3.8, 4) is 5.75 Å². The summed E-state index contributed by atoms with van der Waals surface area (Å²) in [6.45, 7) is 1.73. The Balaban J connectivity index is 1.85. The minimum Gasteiger partial charge on any atom is -0.480 e. The van der Waals surface area contributed by atoms with Crippen molar-refractivity contribution in [1.29, 1.82) is 0 Å². The number of hydrogen-bond acceptors (Lipinski definition) is 8. The molecule has 0 spiro atoms. The molecule has 2 heterocycles. The lowest BCUT2D eigenvalue weighted by molar-refractivity contribution is -0.143. The third-order valence-electron chi connectivity index (χ3n) is 5.65. The maximum absolute atomic E-state index is 13.7. The van der Waals surface area contributed by atoms with E-state index in [1.807, 2.05) is 49.4 Å². The van der Waals surface area contributed by atoms with Crippen LogP contribution in [0.25, 0.3) is 6.08 Å². The molecule has 1 aliphatic heterocycles. The number of rotatable bonds is 7. The van der Waals surface area contributed by atoms with Gasteiger partial charge in [-0.1, -0.05) is 48.6 Å². The summed E-state index contributed by atoms with van der Waals surface area (Å²) in [7, 11) is 2.64. The summed E-state index contributed by atoms with van der Waals surface area (Å²) < 4.78 is 19.0. The number of methoxy groups -OCH3 is 2. The van der Waals surface area contributed by atoms with Crippen LogP contribution in [-0.2, 0) is 19.1 Å². The monoisotopic (exact) mass is 744 g/mol. The van der Waals surface area contributed by atoms with Gasteiger partial charge in [0.25, 0.3) is 5.56 Å². The first-order valence-corrected chi connectivity index (χ1v) is 14.1. The van der Waals surface area contributed by atoms with Crippen LogP contribution in [-0.4, -0.2) is 37.3 Å². The van der Waals surface area contributed by atoms with E-state index in [0.29, 0.717) is 32.8 Å². The number of allylic oxidation sites excluding steroid dienone is 1. The predicted octanol–water partition coefficient (Wildman–Crippen LogP) is 3.56. The highest BCUT2D eigenvalue weighted by molar-refractivity contribution is 14.1. The van der Waals surface area contributed by atoms with E-state index in [4.69, 9.17) is 9.47 Å². The minimum atomic E-state index is -0.642. The molecular weight excluding hydrogens is 722 g/mol. The maximum atomic E-state index is 13.7. The fourth-order valence-electron chi connectivity index (χ4n) is 3.96. The molecule has 1 atom stereocenters. The molecule has 0 amide bonds. The van der Waals surface area contributed by atoms with Gasteiger partial charge in [-0.2, -0.15) is 0 Å². The van der Waals surface area contributed by atoms with Crippen LogP contribution in [0, 0.1) is 7.14 Å². The van der Waals surface area contributed by atoms with Gasteiger partial charge in [0.15, 0.2) is 11.4 Å². The zero-order valence-electron chi connectivity index (χ0n) is 20.1. The molecule has 4 rings (SSSR count). The van der Waals surface area contributed by atoms with E-state index in [2.05, 4.69) is 54.9 Å². The molecule has 1 aromatic heterocycles. The maximum Gasteiger partial charge on any atom is 0.343 e. The molecule has 0 aliphatic carbocycles. The SMILES string of the molecule is CCC1=C(C(=O)OC)[C@@H](c2ccccc2)n2c(s/c(=C\c3cc(I)c(OCC(=O)OC)c(I)c3)c2=O)=N1. The summed E-state index contributed by atoms with van der Waals surface area (Å²) in [5.41, 5.74) is 2.32. The van der Waals surface area contributed by atoms with Gasteiger partial charge in [-0.15, -0.1) is 0 Å². The number of carbonyl (C=O) groups is 2.